The van der Waals surface area contributed by atoms with Gasteiger partial charge in [0.05, 0.1) is 26.4 Å². The summed E-state index contributed by atoms with van der Waals surface area (Å²) >= 11 is 0. The minimum absolute atomic E-state index is 0.106. The quantitative estimate of drug-likeness (QED) is 0.0222. The second kappa shape index (κ2) is 73.8. The summed E-state index contributed by atoms with van der Waals surface area (Å²) in [6.45, 7) is 14.3. The Morgan fingerprint density at radius 1 is 0.269 bits per heavy atom. The van der Waals surface area contributed by atoms with Crippen LogP contribution in [0, 0.1) is 23.7 Å². The molecular formula is C85H166O17P2. The highest BCUT2D eigenvalue weighted by atomic mass is 31.2. The predicted octanol–water partition coefficient (Wildman–Crippen LogP) is 25.6. The van der Waals surface area contributed by atoms with E-state index in [1.807, 2.05) is 0 Å². The van der Waals surface area contributed by atoms with Gasteiger partial charge in [0.15, 0.2) is 12.2 Å². The van der Waals surface area contributed by atoms with E-state index in [1.54, 1.807) is 0 Å². The van der Waals surface area contributed by atoms with Gasteiger partial charge in [0.2, 0.25) is 0 Å². The van der Waals surface area contributed by atoms with E-state index in [-0.39, 0.29) is 25.7 Å². The number of unbranched alkanes of at least 4 members (excludes halogenated alkanes) is 46. The third kappa shape index (κ3) is 75.5. The molecule has 4 unspecified atom stereocenters. The molecule has 3 N–H and O–H groups in total. The van der Waals surface area contributed by atoms with Crippen LogP contribution in [0.15, 0.2) is 0 Å². The first-order valence-corrected chi connectivity index (χ1v) is 46.8. The Morgan fingerprint density at radius 3 is 0.683 bits per heavy atom. The van der Waals surface area contributed by atoms with Gasteiger partial charge in [0, 0.05) is 25.7 Å². The van der Waals surface area contributed by atoms with Gasteiger partial charge in [-0.3, -0.25) is 37.3 Å². The van der Waals surface area contributed by atoms with E-state index in [9.17, 15) is 43.2 Å². The Balaban J connectivity index is 5.24. The monoisotopic (exact) mass is 1520 g/mol. The van der Waals surface area contributed by atoms with Crippen molar-refractivity contribution in [3.8, 4) is 0 Å². The fraction of sp³-hybridized carbons (Fsp3) is 0.953. The number of esters is 4. The third-order valence-corrected chi connectivity index (χ3v) is 22.4. The Hall–Kier alpha value is -1.94. The molecule has 0 heterocycles. The van der Waals surface area contributed by atoms with Gasteiger partial charge in [-0.2, -0.15) is 0 Å². The van der Waals surface area contributed by atoms with Crippen LogP contribution in [-0.2, 0) is 65.4 Å². The molecule has 0 saturated carbocycles. The Bertz CT molecular complexity index is 2030. The number of hydrogen-bond donors (Lipinski definition) is 3. The molecule has 0 aromatic rings. The van der Waals surface area contributed by atoms with E-state index >= 15 is 0 Å². The molecule has 0 aliphatic heterocycles. The molecule has 19 heteroatoms. The van der Waals surface area contributed by atoms with Gasteiger partial charge in [-0.1, -0.05) is 389 Å². The van der Waals surface area contributed by atoms with Crippen molar-refractivity contribution in [2.75, 3.05) is 39.6 Å². The zero-order valence-electron chi connectivity index (χ0n) is 68.7. The molecule has 0 saturated heterocycles. The minimum atomic E-state index is -4.97. The van der Waals surface area contributed by atoms with Crippen LogP contribution in [-0.4, -0.2) is 96.7 Å². The lowest BCUT2D eigenvalue weighted by molar-refractivity contribution is -0.161. The summed E-state index contributed by atoms with van der Waals surface area (Å²) in [4.78, 5) is 73.2. The zero-order valence-corrected chi connectivity index (χ0v) is 70.5. The van der Waals surface area contributed by atoms with Gasteiger partial charge < -0.3 is 33.8 Å². The van der Waals surface area contributed by atoms with Crippen molar-refractivity contribution in [1.82, 2.24) is 0 Å². The van der Waals surface area contributed by atoms with Gasteiger partial charge in [-0.25, -0.2) is 9.13 Å². The summed E-state index contributed by atoms with van der Waals surface area (Å²) in [6.07, 6.45) is 62.5. The van der Waals surface area contributed by atoms with Crippen LogP contribution in [0.3, 0.4) is 0 Å². The highest BCUT2D eigenvalue weighted by Gasteiger charge is 2.30. The van der Waals surface area contributed by atoms with E-state index < -0.39 is 97.5 Å². The molecular weight excluding hydrogens is 1350 g/mol. The number of aliphatic hydroxyl groups is 1. The molecule has 0 spiro atoms. The third-order valence-electron chi connectivity index (χ3n) is 20.5. The number of carbonyl (C=O) groups is 4. The fourth-order valence-electron chi connectivity index (χ4n) is 13.1. The largest absolute Gasteiger partial charge is 0.472 e. The van der Waals surface area contributed by atoms with Gasteiger partial charge >= 0.3 is 39.5 Å². The summed E-state index contributed by atoms with van der Waals surface area (Å²) in [7, 11) is -9.93. The molecule has 104 heavy (non-hydrogen) atoms. The number of carbonyl (C=O) groups excluding carboxylic acids is 4. The maximum absolute atomic E-state index is 13.1. The van der Waals surface area contributed by atoms with E-state index in [0.29, 0.717) is 25.7 Å². The SMILES string of the molecule is CCC(C)CCCCCCCCCCCCCCCCC(=O)OC[C@H](COP(=O)(O)OC[C@@H](O)COP(=O)(O)OC[C@@H](COC(=O)CCCCCCCCC(C)CC)OC(=O)CCCCCCCCCCCCCCC(C)C)OC(=O)CCCCCCCCCCCCCCCCCCCCC(C)C. The highest BCUT2D eigenvalue weighted by molar-refractivity contribution is 7.47. The maximum Gasteiger partial charge on any atom is 0.472 e. The van der Waals surface area contributed by atoms with Crippen LogP contribution in [0.1, 0.15) is 441 Å². The molecule has 0 amide bonds. The lowest BCUT2D eigenvalue weighted by Crippen LogP contribution is -2.30. The van der Waals surface area contributed by atoms with Crippen LogP contribution in [0.4, 0.5) is 0 Å². The molecule has 0 radical (unpaired) electrons. The zero-order chi connectivity index (χ0) is 76.7. The second-order valence-electron chi connectivity index (χ2n) is 32.0. The standard InChI is InChI=1S/C85H166O17P2/c1-9-77(7)63-55-47-39-33-27-20-17-18-21-28-34-40-49-57-65-82(87)95-71-80(101-84(89)67-59-51-41-35-29-22-16-14-12-11-13-15-19-25-31-37-45-53-61-75(3)4)73-99-103(91,92)97-69-79(86)70-98-104(93,94)100-74-81(72-96-83(88)66-58-50-44-43-48-56-64-78(8)10-2)102-85(90)68-60-52-42-36-30-24-23-26-32-38-46-54-62-76(5)6/h75-81,86H,9-74H2,1-8H3,(H,91,92)(H,93,94)/t77?,78?,79-,80-,81-/m1/s1. The summed E-state index contributed by atoms with van der Waals surface area (Å²) in [5.41, 5.74) is 0. The molecule has 0 aromatic heterocycles. The first-order valence-electron chi connectivity index (χ1n) is 43.8. The smallest absolute Gasteiger partial charge is 0.462 e. The predicted molar refractivity (Wildman–Crippen MR) is 428 cm³/mol. The van der Waals surface area contributed by atoms with Crippen molar-refractivity contribution in [2.45, 2.75) is 459 Å². The second-order valence-corrected chi connectivity index (χ2v) is 34.9. The molecule has 0 fully saturated rings. The summed E-state index contributed by atoms with van der Waals surface area (Å²) in [6, 6.07) is 0. The average Bonchev–Trinajstić information content (AvgIpc) is 0.946. The highest BCUT2D eigenvalue weighted by Crippen LogP contribution is 2.45. The Kier molecular flexibility index (Phi) is 72.5. The summed E-state index contributed by atoms with van der Waals surface area (Å²) in [5, 5.41) is 10.7. The van der Waals surface area contributed by atoms with Crippen molar-refractivity contribution in [3.63, 3.8) is 0 Å². The molecule has 7 atom stereocenters. The molecule has 0 rings (SSSR count). The molecule has 0 aromatic carbocycles. The van der Waals surface area contributed by atoms with Crippen molar-refractivity contribution in [2.24, 2.45) is 23.7 Å². The normalized spacial score (nSPS) is 14.5. The van der Waals surface area contributed by atoms with Crippen molar-refractivity contribution in [1.29, 1.82) is 0 Å². The van der Waals surface area contributed by atoms with Crippen molar-refractivity contribution in [3.05, 3.63) is 0 Å². The lowest BCUT2D eigenvalue weighted by atomic mass is 9.99. The number of hydrogen-bond acceptors (Lipinski definition) is 15. The lowest BCUT2D eigenvalue weighted by Gasteiger charge is -2.21. The number of phosphoric acid groups is 2. The van der Waals surface area contributed by atoms with E-state index in [4.69, 9.17) is 37.0 Å². The molecule has 618 valence electrons. The molecule has 0 aliphatic carbocycles. The first-order chi connectivity index (χ1) is 50.2. The average molecular weight is 1520 g/mol. The van der Waals surface area contributed by atoms with Crippen LogP contribution in [0.5, 0.6) is 0 Å². The van der Waals surface area contributed by atoms with Gasteiger partial charge in [-0.05, 0) is 49.4 Å². The van der Waals surface area contributed by atoms with E-state index in [1.165, 1.54) is 238 Å². The first kappa shape index (κ1) is 102. The van der Waals surface area contributed by atoms with Crippen LogP contribution < -0.4 is 0 Å². The van der Waals surface area contributed by atoms with E-state index in [0.717, 1.165) is 120 Å². The van der Waals surface area contributed by atoms with Crippen LogP contribution in [0.25, 0.3) is 0 Å². The molecule has 0 bridgehead atoms. The van der Waals surface area contributed by atoms with E-state index in [2.05, 4.69) is 55.4 Å². The van der Waals surface area contributed by atoms with Crippen LogP contribution in [0.2, 0.25) is 0 Å². The van der Waals surface area contributed by atoms with Gasteiger partial charge in [-0.15, -0.1) is 0 Å². The molecule has 0 aliphatic rings. The van der Waals surface area contributed by atoms with Crippen molar-refractivity contribution >= 4 is 39.5 Å². The maximum atomic E-state index is 13.1. The number of phosphoric ester groups is 2. The number of ether oxygens (including phenoxy) is 4. The minimum Gasteiger partial charge on any atom is -0.462 e. The Labute approximate surface area is 638 Å². The van der Waals surface area contributed by atoms with Gasteiger partial charge in [0.1, 0.15) is 19.3 Å². The van der Waals surface area contributed by atoms with Crippen molar-refractivity contribution < 1.29 is 80.2 Å². The van der Waals surface area contributed by atoms with Crippen LogP contribution >= 0.6 is 15.6 Å². The fourth-order valence-corrected chi connectivity index (χ4v) is 14.7. The summed E-state index contributed by atoms with van der Waals surface area (Å²) < 4.78 is 68.8. The topological polar surface area (TPSA) is 237 Å². The number of aliphatic hydroxyl groups excluding tert-OH is 1. The summed E-state index contributed by atoms with van der Waals surface area (Å²) in [5.74, 6) is 1.07. The Morgan fingerprint density at radius 2 is 0.462 bits per heavy atom. The molecule has 17 nitrogen and oxygen atoms in total. The van der Waals surface area contributed by atoms with Gasteiger partial charge in [0.25, 0.3) is 0 Å². The number of rotatable bonds is 82.